The van der Waals surface area contributed by atoms with E-state index >= 15 is 0 Å². The Balaban J connectivity index is 2.19. The average Bonchev–Trinajstić information content (AvgIpc) is 2.96. The van der Waals surface area contributed by atoms with Crippen LogP contribution < -0.4 is 5.32 Å². The van der Waals surface area contributed by atoms with E-state index in [1.54, 1.807) is 24.7 Å². The molecule has 0 bridgehead atoms. The lowest BCUT2D eigenvalue weighted by Gasteiger charge is -2.18. The summed E-state index contributed by atoms with van der Waals surface area (Å²) in [5, 5.41) is 3.09. The normalized spacial score (nSPS) is 13.5. The van der Waals surface area contributed by atoms with Crippen molar-refractivity contribution in [2.75, 3.05) is 6.54 Å². The summed E-state index contributed by atoms with van der Waals surface area (Å²) in [4.78, 5) is 3.97. The van der Waals surface area contributed by atoms with E-state index < -0.39 is 16.5 Å². The molecule has 1 aromatic heterocycles. The molecule has 0 amide bonds. The second-order valence-electron chi connectivity index (χ2n) is 5.14. The van der Waals surface area contributed by atoms with Crippen molar-refractivity contribution in [3.63, 3.8) is 0 Å². The maximum atomic E-state index is 11.0. The summed E-state index contributed by atoms with van der Waals surface area (Å²) in [6.07, 6.45) is 4.35. The molecule has 2 rings (SSSR count). The molecule has 8 heteroatoms. The molecule has 1 aromatic carbocycles. The Bertz CT molecular complexity index is 681. The fraction of sp³-hybridized carbons (Fsp3) is 0.357. The molecule has 0 spiro atoms. The van der Waals surface area contributed by atoms with Crippen LogP contribution in [0.15, 0.2) is 43.0 Å². The Morgan fingerprint density at radius 2 is 2.00 bits per heavy atom. The number of aromatic nitrogens is 2. The fourth-order valence-electron chi connectivity index (χ4n) is 1.97. The van der Waals surface area contributed by atoms with Crippen LogP contribution in [0.1, 0.15) is 25.5 Å². The minimum Gasteiger partial charge on any atom is -0.312 e. The number of hydrogen-bond donors (Lipinski definition) is 2. The van der Waals surface area contributed by atoms with Gasteiger partial charge in [0.25, 0.3) is 0 Å². The van der Waals surface area contributed by atoms with Crippen molar-refractivity contribution >= 4 is 10.4 Å². The Morgan fingerprint density at radius 1 is 1.32 bits per heavy atom. The molecule has 0 aliphatic carbocycles. The maximum Gasteiger partial charge on any atom is 0.397 e. The molecule has 0 radical (unpaired) electrons. The number of benzene rings is 1. The van der Waals surface area contributed by atoms with Crippen molar-refractivity contribution in [3.8, 4) is 5.69 Å². The van der Waals surface area contributed by atoms with Crippen molar-refractivity contribution in [1.82, 2.24) is 14.9 Å². The number of nitrogens with zero attached hydrogens (tertiary/aromatic N) is 2. The van der Waals surface area contributed by atoms with Gasteiger partial charge >= 0.3 is 10.4 Å². The van der Waals surface area contributed by atoms with E-state index in [0.717, 1.165) is 5.69 Å². The zero-order valence-electron chi connectivity index (χ0n) is 12.4. The molecule has 1 heterocycles. The van der Waals surface area contributed by atoms with Gasteiger partial charge in [-0.25, -0.2) is 9.17 Å². The fourth-order valence-corrected chi connectivity index (χ4v) is 2.44. The van der Waals surface area contributed by atoms with Gasteiger partial charge in [0.05, 0.1) is 6.33 Å². The zero-order chi connectivity index (χ0) is 16.2. The van der Waals surface area contributed by atoms with Gasteiger partial charge in [-0.1, -0.05) is 26.0 Å². The average molecular weight is 325 g/mol. The lowest BCUT2D eigenvalue weighted by Crippen LogP contribution is -2.30. The second-order valence-corrected chi connectivity index (χ2v) is 6.18. The predicted molar refractivity (Wildman–Crippen MR) is 82.1 cm³/mol. The van der Waals surface area contributed by atoms with Gasteiger partial charge in [0, 0.05) is 30.7 Å². The summed E-state index contributed by atoms with van der Waals surface area (Å²) in [6, 6.07) is 7.33. The highest BCUT2D eigenvalue weighted by Crippen LogP contribution is 2.20. The van der Waals surface area contributed by atoms with Crippen LogP contribution in [0.4, 0.5) is 0 Å². The molecule has 0 fully saturated rings. The summed E-state index contributed by atoms with van der Waals surface area (Å²) in [5.41, 5.74) is 1.54. The molecular weight excluding hydrogens is 306 g/mol. The first-order valence-corrected chi connectivity index (χ1v) is 8.19. The minimum atomic E-state index is -4.53. The van der Waals surface area contributed by atoms with Crippen LogP contribution in [0.2, 0.25) is 0 Å². The van der Waals surface area contributed by atoms with E-state index in [0.29, 0.717) is 5.56 Å². The highest BCUT2D eigenvalue weighted by molar-refractivity contribution is 7.80. The van der Waals surface area contributed by atoms with Crippen molar-refractivity contribution in [2.24, 2.45) is 0 Å². The first-order valence-electron chi connectivity index (χ1n) is 6.82. The summed E-state index contributed by atoms with van der Waals surface area (Å²) < 4.78 is 37.5. The van der Waals surface area contributed by atoms with Crippen molar-refractivity contribution in [2.45, 2.75) is 26.0 Å². The van der Waals surface area contributed by atoms with Gasteiger partial charge in [-0.3, -0.25) is 4.55 Å². The van der Waals surface area contributed by atoms with Crippen LogP contribution in [0, 0.1) is 0 Å². The van der Waals surface area contributed by atoms with Crippen molar-refractivity contribution in [3.05, 3.63) is 48.5 Å². The van der Waals surface area contributed by atoms with E-state index in [9.17, 15) is 8.42 Å². The second kappa shape index (κ2) is 7.01. The summed E-state index contributed by atoms with van der Waals surface area (Å²) in [6.45, 7) is 4.14. The first-order chi connectivity index (χ1) is 10.3. The third-order valence-electron chi connectivity index (χ3n) is 3.02. The first kappa shape index (κ1) is 16.6. The maximum absolute atomic E-state index is 11.0. The lowest BCUT2D eigenvalue weighted by atomic mass is 10.1. The third-order valence-corrected chi connectivity index (χ3v) is 3.49. The smallest absolute Gasteiger partial charge is 0.312 e. The molecule has 0 saturated heterocycles. The van der Waals surface area contributed by atoms with Gasteiger partial charge in [-0.2, -0.15) is 8.42 Å². The molecule has 7 nitrogen and oxygen atoms in total. The summed E-state index contributed by atoms with van der Waals surface area (Å²) >= 11 is 0. The molecule has 0 saturated carbocycles. The Hall–Kier alpha value is -1.74. The van der Waals surface area contributed by atoms with Crippen LogP contribution in [0.3, 0.4) is 0 Å². The van der Waals surface area contributed by atoms with Crippen LogP contribution in [0.5, 0.6) is 0 Å². The standard InChI is InChI=1S/C14H19N3O4S/c1-11(2)16-9-14(21-22(18,19)20)12-3-5-13(6-4-12)17-8-7-15-10-17/h3-8,10-11,14,16H,9H2,1-2H3,(H,18,19,20). The quantitative estimate of drug-likeness (QED) is 0.753. The zero-order valence-corrected chi connectivity index (χ0v) is 13.2. The lowest BCUT2D eigenvalue weighted by molar-refractivity contribution is 0.178. The number of imidazole rings is 1. The third kappa shape index (κ3) is 4.92. The monoisotopic (exact) mass is 325 g/mol. The highest BCUT2D eigenvalue weighted by atomic mass is 32.3. The van der Waals surface area contributed by atoms with E-state index in [1.165, 1.54) is 0 Å². The molecule has 1 atom stereocenters. The molecule has 22 heavy (non-hydrogen) atoms. The molecule has 1 unspecified atom stereocenters. The molecular formula is C14H19N3O4S. The Morgan fingerprint density at radius 3 is 2.50 bits per heavy atom. The minimum absolute atomic E-state index is 0.165. The number of nitrogens with one attached hydrogen (secondary N) is 1. The van der Waals surface area contributed by atoms with Gasteiger partial charge in [0.1, 0.15) is 6.10 Å². The van der Waals surface area contributed by atoms with Crippen LogP contribution >= 0.6 is 0 Å². The number of hydrogen-bond acceptors (Lipinski definition) is 5. The van der Waals surface area contributed by atoms with Gasteiger partial charge in [0.15, 0.2) is 0 Å². The summed E-state index contributed by atoms with van der Waals surface area (Å²) in [5.74, 6) is 0. The topological polar surface area (TPSA) is 93.5 Å². The summed E-state index contributed by atoms with van der Waals surface area (Å²) in [7, 11) is -4.53. The van der Waals surface area contributed by atoms with E-state index in [4.69, 9.17) is 8.74 Å². The molecule has 0 aliphatic rings. The Labute approximate surface area is 129 Å². The van der Waals surface area contributed by atoms with Crippen LogP contribution in [-0.4, -0.2) is 35.1 Å². The van der Waals surface area contributed by atoms with Gasteiger partial charge in [0.2, 0.25) is 0 Å². The molecule has 2 aromatic rings. The van der Waals surface area contributed by atoms with E-state index in [-0.39, 0.29) is 12.6 Å². The van der Waals surface area contributed by atoms with Crippen molar-refractivity contribution < 1.29 is 17.2 Å². The number of rotatable bonds is 7. The van der Waals surface area contributed by atoms with Gasteiger partial charge < -0.3 is 9.88 Å². The predicted octanol–water partition coefficient (Wildman–Crippen LogP) is 1.73. The van der Waals surface area contributed by atoms with Crippen LogP contribution in [0.25, 0.3) is 5.69 Å². The molecule has 120 valence electrons. The molecule has 0 aliphatic heterocycles. The molecule has 2 N–H and O–H groups in total. The van der Waals surface area contributed by atoms with Gasteiger partial charge in [-0.15, -0.1) is 0 Å². The largest absolute Gasteiger partial charge is 0.397 e. The highest BCUT2D eigenvalue weighted by Gasteiger charge is 2.19. The van der Waals surface area contributed by atoms with Crippen molar-refractivity contribution in [1.29, 1.82) is 0 Å². The van der Waals surface area contributed by atoms with E-state index in [2.05, 4.69) is 10.3 Å². The van der Waals surface area contributed by atoms with E-state index in [1.807, 2.05) is 36.7 Å². The SMILES string of the molecule is CC(C)NCC(OS(=O)(=O)O)c1ccc(-n2ccnc2)cc1. The van der Waals surface area contributed by atoms with Crippen LogP contribution in [-0.2, 0) is 14.6 Å². The Kier molecular flexibility index (Phi) is 5.30. The van der Waals surface area contributed by atoms with Gasteiger partial charge in [-0.05, 0) is 17.7 Å².